The molecule has 0 amide bonds. The minimum atomic E-state index is -0.469. The predicted molar refractivity (Wildman–Crippen MR) is 77.3 cm³/mol. The van der Waals surface area contributed by atoms with Crippen molar-refractivity contribution in [1.82, 2.24) is 4.90 Å². The van der Waals surface area contributed by atoms with Crippen molar-refractivity contribution < 1.29 is 5.11 Å². The van der Waals surface area contributed by atoms with Gasteiger partial charge >= 0.3 is 0 Å². The van der Waals surface area contributed by atoms with Gasteiger partial charge in [-0.1, -0.05) is 23.7 Å². The number of benzene rings is 1. The number of aliphatic hydroxyl groups is 1. The zero-order chi connectivity index (χ0) is 12.3. The van der Waals surface area contributed by atoms with Crippen molar-refractivity contribution in [3.63, 3.8) is 0 Å². The SMILES string of the molecule is Cl.NC1CCN(CC(O)c2cccc(Cl)c2)CC1. The van der Waals surface area contributed by atoms with E-state index in [4.69, 9.17) is 17.3 Å². The van der Waals surface area contributed by atoms with E-state index in [0.717, 1.165) is 31.5 Å². The fourth-order valence-electron chi connectivity index (χ4n) is 2.20. The Bertz CT molecular complexity index is 368. The Morgan fingerprint density at radius 1 is 1.39 bits per heavy atom. The molecule has 1 aliphatic rings. The van der Waals surface area contributed by atoms with Crippen molar-refractivity contribution in [2.24, 2.45) is 5.73 Å². The number of likely N-dealkylation sites (tertiary alicyclic amines) is 1. The lowest BCUT2D eigenvalue weighted by molar-refractivity contribution is 0.0977. The highest BCUT2D eigenvalue weighted by atomic mass is 35.5. The summed E-state index contributed by atoms with van der Waals surface area (Å²) in [5, 5.41) is 10.8. The molecule has 3 N–H and O–H groups in total. The van der Waals surface area contributed by atoms with Crippen LogP contribution in [0.25, 0.3) is 0 Å². The first-order chi connectivity index (χ1) is 8.15. The number of nitrogens with two attached hydrogens (primary N) is 1. The fraction of sp³-hybridized carbons (Fsp3) is 0.538. The first kappa shape index (κ1) is 15.7. The normalized spacial score (nSPS) is 19.3. The van der Waals surface area contributed by atoms with Gasteiger partial charge in [-0.25, -0.2) is 0 Å². The van der Waals surface area contributed by atoms with E-state index in [2.05, 4.69) is 4.90 Å². The van der Waals surface area contributed by atoms with Gasteiger partial charge in [0.15, 0.2) is 0 Å². The molecule has 1 aromatic carbocycles. The molecule has 1 saturated heterocycles. The molecule has 5 heteroatoms. The minimum Gasteiger partial charge on any atom is -0.387 e. The van der Waals surface area contributed by atoms with Crippen LogP contribution in [0.3, 0.4) is 0 Å². The second kappa shape index (κ2) is 7.31. The summed E-state index contributed by atoms with van der Waals surface area (Å²) >= 11 is 5.91. The van der Waals surface area contributed by atoms with E-state index in [-0.39, 0.29) is 12.4 Å². The zero-order valence-corrected chi connectivity index (χ0v) is 11.8. The molecule has 1 heterocycles. The van der Waals surface area contributed by atoms with Gasteiger partial charge in [0.1, 0.15) is 0 Å². The molecule has 18 heavy (non-hydrogen) atoms. The average molecular weight is 291 g/mol. The average Bonchev–Trinajstić information content (AvgIpc) is 2.32. The summed E-state index contributed by atoms with van der Waals surface area (Å²) in [4.78, 5) is 2.26. The molecule has 102 valence electrons. The predicted octanol–water partition coefficient (Wildman–Crippen LogP) is 2.22. The highest BCUT2D eigenvalue weighted by Gasteiger charge is 2.19. The number of rotatable bonds is 3. The second-order valence-electron chi connectivity index (χ2n) is 4.71. The van der Waals surface area contributed by atoms with Gasteiger partial charge in [-0.2, -0.15) is 0 Å². The lowest BCUT2D eigenvalue weighted by atomic mass is 10.0. The van der Waals surface area contributed by atoms with Gasteiger partial charge in [0.25, 0.3) is 0 Å². The molecule has 0 saturated carbocycles. The Hall–Kier alpha value is -0.320. The number of halogens is 2. The summed E-state index contributed by atoms with van der Waals surface area (Å²) in [5.74, 6) is 0. The Balaban J connectivity index is 0.00000162. The van der Waals surface area contributed by atoms with Gasteiger partial charge in [0.05, 0.1) is 6.10 Å². The quantitative estimate of drug-likeness (QED) is 0.897. The van der Waals surface area contributed by atoms with Crippen LogP contribution in [0.5, 0.6) is 0 Å². The van der Waals surface area contributed by atoms with Crippen molar-refractivity contribution in [3.05, 3.63) is 34.9 Å². The first-order valence-corrected chi connectivity index (χ1v) is 6.44. The summed E-state index contributed by atoms with van der Waals surface area (Å²) in [7, 11) is 0. The van der Waals surface area contributed by atoms with E-state index in [9.17, 15) is 5.11 Å². The largest absolute Gasteiger partial charge is 0.387 e. The Kier molecular flexibility index (Phi) is 6.39. The van der Waals surface area contributed by atoms with Crippen LogP contribution in [-0.4, -0.2) is 35.7 Å². The molecule has 1 aliphatic heterocycles. The zero-order valence-electron chi connectivity index (χ0n) is 10.3. The van der Waals surface area contributed by atoms with Crippen molar-refractivity contribution in [1.29, 1.82) is 0 Å². The maximum atomic E-state index is 10.1. The molecule has 0 aromatic heterocycles. The fourth-order valence-corrected chi connectivity index (χ4v) is 2.40. The molecular weight excluding hydrogens is 271 g/mol. The molecule has 0 spiro atoms. The van der Waals surface area contributed by atoms with Crippen molar-refractivity contribution >= 4 is 24.0 Å². The van der Waals surface area contributed by atoms with Crippen LogP contribution in [0.2, 0.25) is 5.02 Å². The molecule has 0 bridgehead atoms. The summed E-state index contributed by atoms with van der Waals surface area (Å²) in [5.41, 5.74) is 6.73. The number of hydrogen-bond acceptors (Lipinski definition) is 3. The highest BCUT2D eigenvalue weighted by molar-refractivity contribution is 6.30. The Morgan fingerprint density at radius 3 is 2.67 bits per heavy atom. The molecule has 1 fully saturated rings. The maximum Gasteiger partial charge on any atom is 0.0917 e. The van der Waals surface area contributed by atoms with Crippen molar-refractivity contribution in [2.75, 3.05) is 19.6 Å². The van der Waals surface area contributed by atoms with Gasteiger partial charge in [-0.3, -0.25) is 0 Å². The van der Waals surface area contributed by atoms with E-state index < -0.39 is 6.10 Å². The summed E-state index contributed by atoms with van der Waals surface area (Å²) in [6, 6.07) is 7.74. The lowest BCUT2D eigenvalue weighted by Gasteiger charge is -2.31. The van der Waals surface area contributed by atoms with Crippen LogP contribution in [0, 0.1) is 0 Å². The second-order valence-corrected chi connectivity index (χ2v) is 5.15. The number of hydrogen-bond donors (Lipinski definition) is 2. The molecule has 2 rings (SSSR count). The summed E-state index contributed by atoms with van der Waals surface area (Å²) in [6.45, 7) is 2.60. The Labute approximate surface area is 119 Å². The van der Waals surface area contributed by atoms with E-state index >= 15 is 0 Å². The van der Waals surface area contributed by atoms with Crippen LogP contribution < -0.4 is 5.73 Å². The third-order valence-electron chi connectivity index (χ3n) is 3.30. The topological polar surface area (TPSA) is 49.5 Å². The van der Waals surface area contributed by atoms with Gasteiger partial charge < -0.3 is 15.7 Å². The van der Waals surface area contributed by atoms with E-state index in [1.165, 1.54) is 0 Å². The Morgan fingerprint density at radius 2 is 2.06 bits per heavy atom. The monoisotopic (exact) mass is 290 g/mol. The third-order valence-corrected chi connectivity index (χ3v) is 3.53. The van der Waals surface area contributed by atoms with Gasteiger partial charge in [-0.05, 0) is 43.6 Å². The van der Waals surface area contributed by atoms with Crippen LogP contribution >= 0.6 is 24.0 Å². The number of piperidine rings is 1. The van der Waals surface area contributed by atoms with Crippen molar-refractivity contribution in [2.45, 2.75) is 25.0 Å². The smallest absolute Gasteiger partial charge is 0.0917 e. The van der Waals surface area contributed by atoms with E-state index in [1.807, 2.05) is 24.3 Å². The third kappa shape index (κ3) is 4.41. The molecular formula is C13H20Cl2N2O. The number of nitrogens with zero attached hydrogens (tertiary/aromatic N) is 1. The number of aliphatic hydroxyl groups excluding tert-OH is 1. The highest BCUT2D eigenvalue weighted by Crippen LogP contribution is 2.20. The molecule has 1 unspecified atom stereocenters. The van der Waals surface area contributed by atoms with Gasteiger partial charge in [-0.15, -0.1) is 12.4 Å². The van der Waals surface area contributed by atoms with Gasteiger partial charge in [0, 0.05) is 17.6 Å². The van der Waals surface area contributed by atoms with Crippen LogP contribution in [0.4, 0.5) is 0 Å². The first-order valence-electron chi connectivity index (χ1n) is 6.06. The molecule has 0 aliphatic carbocycles. The molecule has 3 nitrogen and oxygen atoms in total. The molecule has 0 radical (unpaired) electrons. The summed E-state index contributed by atoms with van der Waals surface area (Å²) < 4.78 is 0. The van der Waals surface area contributed by atoms with E-state index in [0.29, 0.717) is 17.6 Å². The van der Waals surface area contributed by atoms with Crippen LogP contribution in [-0.2, 0) is 0 Å². The van der Waals surface area contributed by atoms with Crippen LogP contribution in [0.1, 0.15) is 24.5 Å². The number of β-amino-alcohol motifs (C(OH)–C–C–N with tert-alkyl or cyclic N) is 1. The summed E-state index contributed by atoms with van der Waals surface area (Å²) in [6.07, 6.45) is 1.56. The van der Waals surface area contributed by atoms with Crippen LogP contribution in [0.15, 0.2) is 24.3 Å². The maximum absolute atomic E-state index is 10.1. The minimum absolute atomic E-state index is 0. The standard InChI is InChI=1S/C13H19ClN2O.ClH/c14-11-3-1-2-10(8-11)13(17)9-16-6-4-12(15)5-7-16;/h1-3,8,12-13,17H,4-7,9,15H2;1H. The van der Waals surface area contributed by atoms with Gasteiger partial charge in [0.2, 0.25) is 0 Å². The molecule has 1 atom stereocenters. The van der Waals surface area contributed by atoms with Crippen molar-refractivity contribution in [3.8, 4) is 0 Å². The van der Waals surface area contributed by atoms with E-state index in [1.54, 1.807) is 0 Å². The molecule has 1 aromatic rings. The lowest BCUT2D eigenvalue weighted by Crippen LogP contribution is -2.41.